The Bertz CT molecular complexity index is 1330. The molecule has 1 heterocycles. The third kappa shape index (κ3) is 3.72. The fourth-order valence-electron chi connectivity index (χ4n) is 12.2. The maximum atomic E-state index is 13.7. The highest BCUT2D eigenvalue weighted by Gasteiger charge is 2.90. The van der Waals surface area contributed by atoms with E-state index in [1.807, 2.05) is 6.07 Å². The smallest absolute Gasteiger partial charge is 0.338 e. The second-order valence-electron chi connectivity index (χ2n) is 14.4. The van der Waals surface area contributed by atoms with Crippen molar-refractivity contribution in [3.05, 3.63) is 35.9 Å². The fourth-order valence-corrected chi connectivity index (χ4v) is 12.2. The third-order valence-electron chi connectivity index (χ3n) is 13.1. The maximum Gasteiger partial charge on any atom is 0.338 e. The first kappa shape index (κ1) is 31.5. The van der Waals surface area contributed by atoms with Crippen LogP contribution in [0.2, 0.25) is 0 Å². The number of nitrogens with zero attached hydrogens (tertiary/aromatic N) is 1. The molecule has 11 nitrogen and oxygen atoms in total. The highest BCUT2D eigenvalue weighted by atomic mass is 16.6. The summed E-state index contributed by atoms with van der Waals surface area (Å²) < 4.78 is 37.9. The van der Waals surface area contributed by atoms with Crippen LogP contribution >= 0.6 is 0 Å². The number of fused-ring (bicyclic) bond motifs is 2. The lowest BCUT2D eigenvalue weighted by Crippen LogP contribution is -2.79. The number of carbonyl (C=O) groups is 2. The summed E-state index contributed by atoms with van der Waals surface area (Å²) in [5.41, 5.74) is -3.74. The number of esters is 2. The molecule has 0 unspecified atom stereocenters. The summed E-state index contributed by atoms with van der Waals surface area (Å²) in [5.74, 6) is -2.55. The van der Waals surface area contributed by atoms with Crippen molar-refractivity contribution >= 4 is 11.9 Å². The average molecular weight is 630 g/mol. The molecule has 2 N–H and O–H groups in total. The molecule has 1 spiro atoms. The monoisotopic (exact) mass is 629 g/mol. The summed E-state index contributed by atoms with van der Waals surface area (Å²) in [5, 5.41) is 24.8. The van der Waals surface area contributed by atoms with Gasteiger partial charge in [0, 0.05) is 89.4 Å². The van der Waals surface area contributed by atoms with Gasteiger partial charge in [0.2, 0.25) is 0 Å². The van der Waals surface area contributed by atoms with Crippen molar-refractivity contribution in [1.82, 2.24) is 4.90 Å². The highest BCUT2D eigenvalue weighted by molar-refractivity contribution is 5.89. The van der Waals surface area contributed by atoms with E-state index in [0.29, 0.717) is 31.7 Å². The molecule has 1 aromatic rings. The Balaban J connectivity index is 1.50. The van der Waals surface area contributed by atoms with Gasteiger partial charge < -0.3 is 38.6 Å². The van der Waals surface area contributed by atoms with E-state index < -0.39 is 76.3 Å². The summed E-state index contributed by atoms with van der Waals surface area (Å²) >= 11 is 0. The number of rotatable bonds is 9. The molecule has 6 aliphatic rings. The minimum atomic E-state index is -1.55. The lowest BCUT2D eigenvalue weighted by atomic mass is 9.42. The van der Waals surface area contributed by atoms with E-state index in [-0.39, 0.29) is 30.7 Å². The Labute approximate surface area is 264 Å². The quantitative estimate of drug-likeness (QED) is 0.387. The number of likely N-dealkylation sites (tertiary alicyclic amines) is 1. The van der Waals surface area contributed by atoms with Crippen LogP contribution in [0.3, 0.4) is 0 Å². The zero-order valence-electron chi connectivity index (χ0n) is 27.0. The average Bonchev–Trinajstić information content (AvgIpc) is 3.40. The largest absolute Gasteiger partial charge is 0.458 e. The second kappa shape index (κ2) is 10.7. The van der Waals surface area contributed by atoms with Crippen LogP contribution in [0.1, 0.15) is 43.5 Å². The van der Waals surface area contributed by atoms with Crippen LogP contribution in [0.15, 0.2) is 30.3 Å². The van der Waals surface area contributed by atoms with Crippen LogP contribution < -0.4 is 0 Å². The number of piperidine rings is 1. The number of methoxy groups -OCH3 is 4. The van der Waals surface area contributed by atoms with Crippen LogP contribution in [0.4, 0.5) is 0 Å². The molecule has 1 aromatic carbocycles. The normalized spacial score (nSPS) is 49.1. The number of hydrogen-bond acceptors (Lipinski definition) is 11. The van der Waals surface area contributed by atoms with Gasteiger partial charge in [0.05, 0.1) is 36.6 Å². The lowest BCUT2D eigenvalue weighted by molar-refractivity contribution is -0.300. The fraction of sp³-hybridized carbons (Fsp3) is 0.765. The zero-order valence-corrected chi connectivity index (χ0v) is 27.0. The van der Waals surface area contributed by atoms with Gasteiger partial charge in [-0.3, -0.25) is 9.69 Å². The van der Waals surface area contributed by atoms with Gasteiger partial charge in [-0.2, -0.15) is 0 Å². The molecule has 0 radical (unpaired) electrons. The van der Waals surface area contributed by atoms with E-state index in [9.17, 15) is 19.8 Å². The predicted octanol–water partition coefficient (Wildman–Crippen LogP) is 1.68. The van der Waals surface area contributed by atoms with Crippen molar-refractivity contribution in [1.29, 1.82) is 0 Å². The molecule has 248 valence electrons. The van der Waals surface area contributed by atoms with E-state index >= 15 is 0 Å². The number of carbonyl (C=O) groups excluding carboxylic acids is 2. The molecule has 5 aliphatic carbocycles. The van der Waals surface area contributed by atoms with Crippen LogP contribution in [0.25, 0.3) is 0 Å². The number of aliphatic hydroxyl groups is 2. The van der Waals surface area contributed by atoms with E-state index in [1.54, 1.807) is 52.7 Å². The van der Waals surface area contributed by atoms with Crippen molar-refractivity contribution in [3.8, 4) is 0 Å². The molecule has 14 atom stereocenters. The lowest BCUT2D eigenvalue weighted by Gasteiger charge is -2.70. The number of ether oxygens (including phenoxy) is 6. The van der Waals surface area contributed by atoms with Crippen LogP contribution in [-0.2, 0) is 33.2 Å². The summed E-state index contributed by atoms with van der Waals surface area (Å²) in [6, 6.07) is 8.56. The predicted molar refractivity (Wildman–Crippen MR) is 159 cm³/mol. The molecular weight excluding hydrogens is 582 g/mol. The van der Waals surface area contributed by atoms with Gasteiger partial charge in [-0.05, 0) is 31.0 Å². The first-order chi connectivity index (χ1) is 21.5. The zero-order chi connectivity index (χ0) is 32.1. The maximum absolute atomic E-state index is 13.7. The summed E-state index contributed by atoms with van der Waals surface area (Å²) in [6.45, 7) is 5.08. The van der Waals surface area contributed by atoms with Gasteiger partial charge in [-0.15, -0.1) is 0 Å². The van der Waals surface area contributed by atoms with Crippen LogP contribution in [0.5, 0.6) is 0 Å². The standard InChI is InChI=1S/C34H47NO10/c1-7-35-16-31(17-40-3)21(37)13-22(41-4)34-20-14-32(39)23(42-5)15-33(45-18(2)36,25(28(34)35)26(43-6)27(31)34)24(20)29(32)44-30(38)19-11-9-8-10-12-19/h8-12,20-29,37,39H,7,13-17H2,1-6H3/t20-,21-,22+,23+,24-,25+,26+,27-,28+,29-,31+,32+,33-,34+/m0/s1. The van der Waals surface area contributed by atoms with Crippen molar-refractivity contribution in [2.75, 3.05) is 48.1 Å². The van der Waals surface area contributed by atoms with Gasteiger partial charge in [-0.25, -0.2) is 4.79 Å². The highest BCUT2D eigenvalue weighted by Crippen LogP contribution is 2.80. The van der Waals surface area contributed by atoms with Gasteiger partial charge in [0.1, 0.15) is 17.3 Å². The molecule has 1 aliphatic heterocycles. The molecule has 7 bridgehead atoms. The topological polar surface area (TPSA) is 133 Å². The van der Waals surface area contributed by atoms with Gasteiger partial charge in [0.25, 0.3) is 0 Å². The molecule has 1 saturated heterocycles. The first-order valence-corrected chi connectivity index (χ1v) is 16.2. The minimum Gasteiger partial charge on any atom is -0.458 e. The Morgan fingerprint density at radius 3 is 2.31 bits per heavy atom. The van der Waals surface area contributed by atoms with E-state index in [2.05, 4.69) is 11.8 Å². The summed E-state index contributed by atoms with van der Waals surface area (Å²) in [6.07, 6.45) is -2.55. The van der Waals surface area contributed by atoms with Crippen molar-refractivity contribution in [3.63, 3.8) is 0 Å². The van der Waals surface area contributed by atoms with Gasteiger partial charge in [0.15, 0.2) is 0 Å². The number of aliphatic hydroxyl groups excluding tert-OH is 1. The molecular formula is C34H47NO10. The number of hydrogen-bond donors (Lipinski definition) is 2. The SMILES string of the molecule is CCN1C[C@@]2(COC)[C@@H](O)C[C@@H](OC)[C@]34[C@H]5C[C@@]6(O)[C@H](OC)C[C@](OC(C)=O)([C@@H]5[C@@H]6OC(=O)c5ccccc5)[C@H]([C@@H](OC)[C@@H]23)[C@@H]14. The number of benzene rings is 1. The molecule has 0 amide bonds. The van der Waals surface area contributed by atoms with Crippen molar-refractivity contribution in [2.24, 2.45) is 34.5 Å². The molecule has 45 heavy (non-hydrogen) atoms. The van der Waals surface area contributed by atoms with Gasteiger partial charge >= 0.3 is 11.9 Å². The summed E-state index contributed by atoms with van der Waals surface area (Å²) in [7, 11) is 6.58. The first-order valence-electron chi connectivity index (χ1n) is 16.2. The Morgan fingerprint density at radius 1 is 1.00 bits per heavy atom. The third-order valence-corrected chi connectivity index (χ3v) is 13.1. The van der Waals surface area contributed by atoms with Crippen LogP contribution in [0, 0.1) is 34.5 Å². The Hall–Kier alpha value is -2.12. The van der Waals surface area contributed by atoms with Crippen LogP contribution in [-0.4, -0.2) is 123 Å². The molecule has 7 rings (SSSR count). The minimum absolute atomic E-state index is 0.163. The second-order valence-corrected chi connectivity index (χ2v) is 14.4. The Kier molecular flexibility index (Phi) is 7.48. The van der Waals surface area contributed by atoms with Gasteiger partial charge in [-0.1, -0.05) is 25.1 Å². The van der Waals surface area contributed by atoms with E-state index in [1.165, 1.54) is 6.92 Å². The summed E-state index contributed by atoms with van der Waals surface area (Å²) in [4.78, 5) is 29.3. The Morgan fingerprint density at radius 2 is 1.71 bits per heavy atom. The molecule has 0 aromatic heterocycles. The van der Waals surface area contributed by atoms with Crippen molar-refractivity contribution < 1.29 is 48.2 Å². The van der Waals surface area contributed by atoms with E-state index in [0.717, 1.165) is 0 Å². The van der Waals surface area contributed by atoms with E-state index in [4.69, 9.17) is 28.4 Å². The van der Waals surface area contributed by atoms with Crippen molar-refractivity contribution in [2.45, 2.75) is 80.9 Å². The molecule has 5 saturated carbocycles. The molecule has 11 heteroatoms. The molecule has 6 fully saturated rings.